The Bertz CT molecular complexity index is 597. The number of para-hydroxylation sites is 1. The van der Waals surface area contributed by atoms with E-state index >= 15 is 0 Å². The van der Waals surface area contributed by atoms with Crippen LogP contribution >= 0.6 is 0 Å². The van der Waals surface area contributed by atoms with Gasteiger partial charge in [-0.05, 0) is 30.4 Å². The van der Waals surface area contributed by atoms with Crippen LogP contribution in [-0.4, -0.2) is 23.1 Å². The fourth-order valence-corrected chi connectivity index (χ4v) is 3.74. The Kier molecular flexibility index (Phi) is 3.81. The van der Waals surface area contributed by atoms with Crippen molar-refractivity contribution in [3.63, 3.8) is 0 Å². The lowest BCUT2D eigenvalue weighted by Crippen LogP contribution is -2.53. The first-order chi connectivity index (χ1) is 10.5. The van der Waals surface area contributed by atoms with Crippen LogP contribution < -0.4 is 10.2 Å². The van der Waals surface area contributed by atoms with Crippen molar-refractivity contribution in [2.45, 2.75) is 45.2 Å². The average molecular weight is 302 g/mol. The molecule has 0 aromatic heterocycles. The Morgan fingerprint density at radius 1 is 1.32 bits per heavy atom. The zero-order chi connectivity index (χ0) is 15.9. The predicted molar refractivity (Wildman–Crippen MR) is 83.8 cm³/mol. The van der Waals surface area contributed by atoms with E-state index in [1.807, 2.05) is 36.1 Å². The SMILES string of the molecule is CCC(=O)N1c2ccccc2[C@H](NC(=O)O)[C@@H](C)[C@@H]1C1CC1. The summed E-state index contributed by atoms with van der Waals surface area (Å²) in [6, 6.07) is 7.48. The van der Waals surface area contributed by atoms with Gasteiger partial charge in [0.2, 0.25) is 5.91 Å². The molecule has 5 nitrogen and oxygen atoms in total. The number of rotatable bonds is 3. The minimum atomic E-state index is -1.02. The van der Waals surface area contributed by atoms with Crippen LogP contribution in [0.2, 0.25) is 0 Å². The summed E-state index contributed by atoms with van der Waals surface area (Å²) in [5, 5.41) is 11.8. The van der Waals surface area contributed by atoms with Gasteiger partial charge in [0.05, 0.1) is 6.04 Å². The van der Waals surface area contributed by atoms with Gasteiger partial charge in [-0.15, -0.1) is 0 Å². The van der Waals surface area contributed by atoms with Gasteiger partial charge in [0.25, 0.3) is 0 Å². The molecule has 2 N–H and O–H groups in total. The number of carbonyl (C=O) groups excluding carboxylic acids is 1. The highest BCUT2D eigenvalue weighted by Crippen LogP contribution is 2.49. The van der Waals surface area contributed by atoms with Crippen molar-refractivity contribution >= 4 is 17.7 Å². The summed E-state index contributed by atoms with van der Waals surface area (Å²) in [4.78, 5) is 25.7. The van der Waals surface area contributed by atoms with Gasteiger partial charge in [0.1, 0.15) is 0 Å². The molecule has 2 amide bonds. The smallest absolute Gasteiger partial charge is 0.405 e. The van der Waals surface area contributed by atoms with E-state index in [9.17, 15) is 14.7 Å². The number of hydrogen-bond acceptors (Lipinski definition) is 2. The maximum Gasteiger partial charge on any atom is 0.405 e. The van der Waals surface area contributed by atoms with E-state index in [2.05, 4.69) is 12.2 Å². The third kappa shape index (κ3) is 2.45. The molecule has 1 fully saturated rings. The maximum atomic E-state index is 12.5. The second-order valence-corrected chi connectivity index (χ2v) is 6.29. The fraction of sp³-hybridized carbons (Fsp3) is 0.529. The zero-order valence-electron chi connectivity index (χ0n) is 13.0. The lowest BCUT2D eigenvalue weighted by atomic mass is 9.80. The average Bonchev–Trinajstić information content (AvgIpc) is 3.33. The number of nitrogens with zero attached hydrogens (tertiary/aromatic N) is 1. The molecule has 118 valence electrons. The van der Waals surface area contributed by atoms with Crippen molar-refractivity contribution in [1.82, 2.24) is 5.32 Å². The Morgan fingerprint density at radius 3 is 2.59 bits per heavy atom. The number of hydrogen-bond donors (Lipinski definition) is 2. The number of benzene rings is 1. The molecule has 0 radical (unpaired) electrons. The van der Waals surface area contributed by atoms with Crippen LogP contribution in [0, 0.1) is 11.8 Å². The van der Waals surface area contributed by atoms with Gasteiger partial charge < -0.3 is 15.3 Å². The zero-order valence-corrected chi connectivity index (χ0v) is 13.0. The summed E-state index contributed by atoms with van der Waals surface area (Å²) in [6.07, 6.45) is 1.67. The monoisotopic (exact) mass is 302 g/mol. The number of amides is 2. The topological polar surface area (TPSA) is 69.6 Å². The van der Waals surface area contributed by atoms with Crippen molar-refractivity contribution in [2.24, 2.45) is 11.8 Å². The second-order valence-electron chi connectivity index (χ2n) is 6.29. The number of fused-ring (bicyclic) bond motifs is 1. The molecular weight excluding hydrogens is 280 g/mol. The number of carbonyl (C=O) groups is 2. The molecule has 1 aromatic rings. The second kappa shape index (κ2) is 5.63. The van der Waals surface area contributed by atoms with Crippen molar-refractivity contribution in [1.29, 1.82) is 0 Å². The molecule has 22 heavy (non-hydrogen) atoms. The molecule has 0 unspecified atom stereocenters. The van der Waals surface area contributed by atoms with Gasteiger partial charge >= 0.3 is 6.09 Å². The minimum Gasteiger partial charge on any atom is -0.465 e. The first-order valence-electron chi connectivity index (χ1n) is 7.95. The van der Waals surface area contributed by atoms with Gasteiger partial charge in [-0.25, -0.2) is 4.79 Å². The van der Waals surface area contributed by atoms with Gasteiger partial charge in [-0.2, -0.15) is 0 Å². The Labute approximate surface area is 130 Å². The molecule has 1 heterocycles. The summed E-state index contributed by atoms with van der Waals surface area (Å²) in [7, 11) is 0. The van der Waals surface area contributed by atoms with Crippen molar-refractivity contribution in [2.75, 3.05) is 4.90 Å². The predicted octanol–water partition coefficient (Wildman–Crippen LogP) is 3.17. The Balaban J connectivity index is 2.09. The van der Waals surface area contributed by atoms with Crippen LogP contribution in [0.25, 0.3) is 0 Å². The largest absolute Gasteiger partial charge is 0.465 e. The normalized spacial score (nSPS) is 27.2. The van der Waals surface area contributed by atoms with Crippen molar-refractivity contribution in [3.05, 3.63) is 29.8 Å². The standard InChI is InChI=1S/C17H22N2O3/c1-3-14(20)19-13-7-5-4-6-12(13)15(18-17(21)22)10(2)16(19)11-8-9-11/h4-7,10-11,15-16,18H,3,8-9H2,1-2H3,(H,21,22)/t10-,15-,16-/m1/s1. The summed E-state index contributed by atoms with van der Waals surface area (Å²) >= 11 is 0. The lowest BCUT2D eigenvalue weighted by Gasteiger charge is -2.45. The van der Waals surface area contributed by atoms with E-state index in [0.29, 0.717) is 12.3 Å². The van der Waals surface area contributed by atoms with E-state index in [-0.39, 0.29) is 23.9 Å². The Morgan fingerprint density at radius 2 is 2.00 bits per heavy atom. The first-order valence-corrected chi connectivity index (χ1v) is 7.95. The molecule has 0 bridgehead atoms. The third-order valence-corrected chi connectivity index (χ3v) is 4.85. The highest BCUT2D eigenvalue weighted by molar-refractivity contribution is 5.95. The first kappa shape index (κ1) is 14.9. The van der Waals surface area contributed by atoms with Crippen LogP contribution in [0.4, 0.5) is 10.5 Å². The molecule has 1 saturated carbocycles. The number of anilines is 1. The Hall–Kier alpha value is -2.04. The molecule has 1 aliphatic carbocycles. The summed E-state index contributed by atoms with van der Waals surface area (Å²) < 4.78 is 0. The summed E-state index contributed by atoms with van der Waals surface area (Å²) in [6.45, 7) is 3.93. The van der Waals surface area contributed by atoms with E-state index < -0.39 is 6.09 Å². The van der Waals surface area contributed by atoms with Crippen LogP contribution in [0.15, 0.2) is 24.3 Å². The van der Waals surface area contributed by atoms with Crippen LogP contribution in [0.3, 0.4) is 0 Å². The molecule has 1 aliphatic heterocycles. The van der Waals surface area contributed by atoms with Crippen LogP contribution in [0.1, 0.15) is 44.7 Å². The van der Waals surface area contributed by atoms with E-state index in [0.717, 1.165) is 24.1 Å². The summed E-state index contributed by atoms with van der Waals surface area (Å²) in [5.41, 5.74) is 1.76. The van der Waals surface area contributed by atoms with Crippen LogP contribution in [0.5, 0.6) is 0 Å². The van der Waals surface area contributed by atoms with E-state index in [4.69, 9.17) is 0 Å². The van der Waals surface area contributed by atoms with Gasteiger partial charge in [-0.1, -0.05) is 32.0 Å². The fourth-order valence-electron chi connectivity index (χ4n) is 3.74. The molecule has 0 spiro atoms. The molecule has 0 saturated heterocycles. The van der Waals surface area contributed by atoms with Gasteiger partial charge in [0, 0.05) is 24.1 Å². The molecule has 5 heteroatoms. The third-order valence-electron chi connectivity index (χ3n) is 4.85. The molecule has 3 atom stereocenters. The maximum absolute atomic E-state index is 12.5. The van der Waals surface area contributed by atoms with Crippen LogP contribution in [-0.2, 0) is 4.79 Å². The molecular formula is C17H22N2O3. The molecule has 2 aliphatic rings. The van der Waals surface area contributed by atoms with Gasteiger partial charge in [0.15, 0.2) is 0 Å². The molecule has 1 aromatic carbocycles. The number of nitrogens with one attached hydrogen (secondary N) is 1. The number of carboxylic acid groups (broad SMARTS) is 1. The minimum absolute atomic E-state index is 0.0639. The van der Waals surface area contributed by atoms with E-state index in [1.54, 1.807) is 0 Å². The van der Waals surface area contributed by atoms with Gasteiger partial charge in [-0.3, -0.25) is 4.79 Å². The van der Waals surface area contributed by atoms with Crippen molar-refractivity contribution in [3.8, 4) is 0 Å². The lowest BCUT2D eigenvalue weighted by molar-refractivity contribution is -0.119. The summed E-state index contributed by atoms with van der Waals surface area (Å²) in [5.74, 6) is 0.663. The molecule has 3 rings (SSSR count). The highest BCUT2D eigenvalue weighted by Gasteiger charge is 2.48. The van der Waals surface area contributed by atoms with Crippen molar-refractivity contribution < 1.29 is 14.7 Å². The van der Waals surface area contributed by atoms with E-state index in [1.165, 1.54) is 0 Å². The quantitative estimate of drug-likeness (QED) is 0.901. The highest BCUT2D eigenvalue weighted by atomic mass is 16.4.